The molecule has 2 aliphatic rings. The number of carbonyl (C=O) groups is 2. The van der Waals surface area contributed by atoms with Crippen molar-refractivity contribution < 1.29 is 9.59 Å². The number of fused-ring (bicyclic) bond motifs is 3. The Labute approximate surface area is 163 Å². The number of carbonyl (C=O) groups excluding carboxylic acids is 2. The highest BCUT2D eigenvalue weighted by molar-refractivity contribution is 6.51. The topological polar surface area (TPSA) is 49.4 Å². The Bertz CT molecular complexity index is 1090. The van der Waals surface area contributed by atoms with E-state index in [9.17, 15) is 9.59 Å². The van der Waals surface area contributed by atoms with Gasteiger partial charge in [0.1, 0.15) is 0 Å². The highest BCUT2D eigenvalue weighted by Gasteiger charge is 2.33. The Hall–Kier alpha value is -3.40. The predicted octanol–water partition coefficient (Wildman–Crippen LogP) is 3.97. The van der Waals surface area contributed by atoms with Crippen LogP contribution >= 0.6 is 0 Å². The first kappa shape index (κ1) is 16.8. The molecule has 28 heavy (non-hydrogen) atoms. The Balaban J connectivity index is 1.49. The van der Waals surface area contributed by atoms with Crippen molar-refractivity contribution >= 4 is 23.1 Å². The molecule has 0 aliphatic carbocycles. The number of nitrogens with zero attached hydrogens (tertiary/aromatic N) is 1. The molecule has 0 aromatic heterocycles. The largest absolute Gasteiger partial charge is 0.367 e. The van der Waals surface area contributed by atoms with Crippen molar-refractivity contribution in [3.05, 3.63) is 94.5 Å². The van der Waals surface area contributed by atoms with E-state index in [2.05, 4.69) is 58.7 Å². The molecular weight excluding hydrogens is 348 g/mol. The Morgan fingerprint density at radius 2 is 1.68 bits per heavy atom. The average Bonchev–Trinajstić information content (AvgIpc) is 3.03. The van der Waals surface area contributed by atoms with Crippen molar-refractivity contribution in [2.45, 2.75) is 19.4 Å². The van der Waals surface area contributed by atoms with E-state index in [0.29, 0.717) is 17.8 Å². The van der Waals surface area contributed by atoms with Crippen molar-refractivity contribution in [2.75, 3.05) is 16.8 Å². The van der Waals surface area contributed by atoms with Crippen LogP contribution in [0.4, 0.5) is 11.4 Å². The molecule has 5 rings (SSSR count). The van der Waals surface area contributed by atoms with Crippen LogP contribution in [0, 0.1) is 0 Å². The molecule has 0 bridgehead atoms. The number of para-hydroxylation sites is 1. The van der Waals surface area contributed by atoms with E-state index in [1.54, 1.807) is 6.07 Å². The summed E-state index contributed by atoms with van der Waals surface area (Å²) >= 11 is 0. The lowest BCUT2D eigenvalue weighted by atomic mass is 9.94. The van der Waals surface area contributed by atoms with Gasteiger partial charge in [0.25, 0.3) is 11.7 Å². The van der Waals surface area contributed by atoms with Gasteiger partial charge in [0.2, 0.25) is 0 Å². The van der Waals surface area contributed by atoms with E-state index >= 15 is 0 Å². The van der Waals surface area contributed by atoms with E-state index in [1.165, 1.54) is 22.4 Å². The number of nitrogens with one attached hydrogen (secondary N) is 1. The highest BCUT2D eigenvalue weighted by Crippen LogP contribution is 2.36. The molecule has 0 fully saturated rings. The molecule has 3 aromatic carbocycles. The molecule has 0 saturated carbocycles. The number of Topliss-reactive ketones (excluding diaryl/α,β-unsaturated/α-hetero) is 1. The minimum Gasteiger partial charge on any atom is -0.367 e. The molecule has 0 unspecified atom stereocenters. The molecule has 3 aromatic rings. The SMILES string of the molecule is O=C1Nc2c(ccc3c2CN(c2ccccc2Cc2ccccc2)CC3)C1=O. The molecule has 4 nitrogen and oxygen atoms in total. The van der Waals surface area contributed by atoms with Gasteiger partial charge in [0, 0.05) is 18.8 Å². The molecule has 138 valence electrons. The monoisotopic (exact) mass is 368 g/mol. The van der Waals surface area contributed by atoms with Crippen molar-refractivity contribution in [3.8, 4) is 0 Å². The van der Waals surface area contributed by atoms with Crippen LogP contribution in [0.5, 0.6) is 0 Å². The number of hydrogen-bond acceptors (Lipinski definition) is 3. The van der Waals surface area contributed by atoms with Crippen LogP contribution in [0.3, 0.4) is 0 Å². The zero-order chi connectivity index (χ0) is 19.1. The lowest BCUT2D eigenvalue weighted by Crippen LogP contribution is -2.31. The molecule has 2 heterocycles. The smallest absolute Gasteiger partial charge is 0.296 e. The lowest BCUT2D eigenvalue weighted by molar-refractivity contribution is -0.112. The summed E-state index contributed by atoms with van der Waals surface area (Å²) < 4.78 is 0. The van der Waals surface area contributed by atoms with Gasteiger partial charge in [-0.1, -0.05) is 54.6 Å². The molecule has 0 radical (unpaired) electrons. The second-order valence-electron chi connectivity index (χ2n) is 7.37. The van der Waals surface area contributed by atoms with E-state index in [1.807, 2.05) is 12.1 Å². The molecule has 4 heteroatoms. The second kappa shape index (κ2) is 6.64. The summed E-state index contributed by atoms with van der Waals surface area (Å²) in [5.74, 6) is -0.954. The number of anilines is 2. The molecule has 2 aliphatic heterocycles. The van der Waals surface area contributed by atoms with Gasteiger partial charge >= 0.3 is 0 Å². The van der Waals surface area contributed by atoms with Gasteiger partial charge in [0.05, 0.1) is 11.3 Å². The number of amides is 1. The maximum atomic E-state index is 12.1. The quantitative estimate of drug-likeness (QED) is 0.712. The fraction of sp³-hybridized carbons (Fsp3) is 0.167. The summed E-state index contributed by atoms with van der Waals surface area (Å²) in [7, 11) is 0. The van der Waals surface area contributed by atoms with E-state index in [-0.39, 0.29) is 0 Å². The van der Waals surface area contributed by atoms with Crippen LogP contribution in [-0.2, 0) is 24.2 Å². The molecule has 0 atom stereocenters. The first-order valence-electron chi connectivity index (χ1n) is 9.58. The van der Waals surface area contributed by atoms with Crippen molar-refractivity contribution in [1.82, 2.24) is 0 Å². The highest BCUT2D eigenvalue weighted by atomic mass is 16.2. The Kier molecular flexibility index (Phi) is 3.97. The standard InChI is InChI=1S/C24H20N2O2/c27-23-19-11-10-17-12-13-26(15-20(17)22(19)25-24(23)28)21-9-5-4-8-18(21)14-16-6-2-1-3-7-16/h1-11H,12-15H2,(H,25,27,28). The third-order valence-corrected chi connectivity index (χ3v) is 5.67. The summed E-state index contributed by atoms with van der Waals surface area (Å²) in [6.07, 6.45) is 1.77. The number of rotatable bonds is 3. The van der Waals surface area contributed by atoms with Crippen LogP contribution in [0.2, 0.25) is 0 Å². The molecular formula is C24H20N2O2. The second-order valence-corrected chi connectivity index (χ2v) is 7.37. The number of ketones is 1. The number of benzene rings is 3. The average molecular weight is 368 g/mol. The van der Waals surface area contributed by atoms with Crippen molar-refractivity contribution in [3.63, 3.8) is 0 Å². The van der Waals surface area contributed by atoms with E-state index < -0.39 is 11.7 Å². The summed E-state index contributed by atoms with van der Waals surface area (Å²) in [5, 5.41) is 2.79. The first-order valence-corrected chi connectivity index (χ1v) is 9.58. The van der Waals surface area contributed by atoms with Crippen LogP contribution in [0.25, 0.3) is 0 Å². The minimum absolute atomic E-state index is 0.431. The molecule has 0 saturated heterocycles. The number of hydrogen-bond donors (Lipinski definition) is 1. The molecule has 1 amide bonds. The third-order valence-electron chi connectivity index (χ3n) is 5.67. The summed E-state index contributed by atoms with van der Waals surface area (Å²) in [6.45, 7) is 1.61. The van der Waals surface area contributed by atoms with Crippen molar-refractivity contribution in [2.24, 2.45) is 0 Å². The van der Waals surface area contributed by atoms with Crippen molar-refractivity contribution in [1.29, 1.82) is 0 Å². The van der Waals surface area contributed by atoms with Gasteiger partial charge < -0.3 is 10.2 Å². The van der Waals surface area contributed by atoms with Crippen LogP contribution in [0.1, 0.15) is 32.6 Å². The van der Waals surface area contributed by atoms with Crippen LogP contribution in [0.15, 0.2) is 66.7 Å². The molecule has 0 spiro atoms. The Morgan fingerprint density at radius 3 is 2.54 bits per heavy atom. The van der Waals surface area contributed by atoms with Gasteiger partial charge in [0.15, 0.2) is 0 Å². The van der Waals surface area contributed by atoms with Crippen LogP contribution in [-0.4, -0.2) is 18.2 Å². The van der Waals surface area contributed by atoms with Gasteiger partial charge in [-0.3, -0.25) is 9.59 Å². The van der Waals surface area contributed by atoms with E-state index in [0.717, 1.165) is 24.9 Å². The summed E-state index contributed by atoms with van der Waals surface area (Å²) in [4.78, 5) is 26.3. The lowest BCUT2D eigenvalue weighted by Gasteiger charge is -2.33. The summed E-state index contributed by atoms with van der Waals surface area (Å²) in [5.41, 5.74) is 7.27. The Morgan fingerprint density at radius 1 is 0.893 bits per heavy atom. The first-order chi connectivity index (χ1) is 13.7. The van der Waals surface area contributed by atoms with Gasteiger partial charge in [-0.05, 0) is 47.2 Å². The zero-order valence-corrected chi connectivity index (χ0v) is 15.4. The van der Waals surface area contributed by atoms with Gasteiger partial charge in [-0.15, -0.1) is 0 Å². The maximum absolute atomic E-state index is 12.1. The minimum atomic E-state index is -0.523. The van der Waals surface area contributed by atoms with E-state index in [4.69, 9.17) is 0 Å². The van der Waals surface area contributed by atoms with Crippen LogP contribution < -0.4 is 10.2 Å². The molecule has 1 N–H and O–H groups in total. The zero-order valence-electron chi connectivity index (χ0n) is 15.4. The maximum Gasteiger partial charge on any atom is 0.296 e. The van der Waals surface area contributed by atoms with Gasteiger partial charge in [-0.2, -0.15) is 0 Å². The van der Waals surface area contributed by atoms with Gasteiger partial charge in [-0.25, -0.2) is 0 Å². The normalized spacial score (nSPS) is 15.2. The predicted molar refractivity (Wildman–Crippen MR) is 110 cm³/mol. The third kappa shape index (κ3) is 2.78. The summed E-state index contributed by atoms with van der Waals surface area (Å²) in [6, 6.07) is 22.7. The fourth-order valence-electron chi connectivity index (χ4n) is 4.25. The fourth-order valence-corrected chi connectivity index (χ4v) is 4.25.